The van der Waals surface area contributed by atoms with Gasteiger partial charge in [0.15, 0.2) is 5.69 Å². The highest BCUT2D eigenvalue weighted by Crippen LogP contribution is 2.51. The predicted octanol–water partition coefficient (Wildman–Crippen LogP) is 2.63. The summed E-state index contributed by atoms with van der Waals surface area (Å²) in [7, 11) is 0. The van der Waals surface area contributed by atoms with E-state index in [0.29, 0.717) is 17.2 Å². The quantitative estimate of drug-likeness (QED) is 0.822. The Balaban J connectivity index is 2.00. The number of aromatic carboxylic acids is 1. The van der Waals surface area contributed by atoms with Crippen molar-refractivity contribution >= 4 is 11.8 Å². The molecule has 1 saturated carbocycles. The van der Waals surface area contributed by atoms with Crippen molar-refractivity contribution in [2.24, 2.45) is 11.3 Å². The predicted molar refractivity (Wildman–Crippen MR) is 66.2 cm³/mol. The molecule has 0 saturated heterocycles. The summed E-state index contributed by atoms with van der Waals surface area (Å²) in [5.41, 5.74) is 0.477. The molecule has 0 bridgehead atoms. The number of hydrogen-bond donors (Lipinski definition) is 2. The highest BCUT2D eigenvalue weighted by molar-refractivity contribution is 5.85. The van der Waals surface area contributed by atoms with Crippen LogP contribution in [-0.2, 0) is 0 Å². The highest BCUT2D eigenvalue weighted by atomic mass is 16.4. The molecule has 0 spiro atoms. The van der Waals surface area contributed by atoms with E-state index in [1.165, 1.54) is 18.9 Å². The van der Waals surface area contributed by atoms with Gasteiger partial charge in [0.1, 0.15) is 5.82 Å². The topological polar surface area (TPSA) is 62.2 Å². The molecule has 2 N–H and O–H groups in total. The van der Waals surface area contributed by atoms with Gasteiger partial charge in [0.05, 0.1) is 0 Å². The fraction of sp³-hybridized carbons (Fsp3) is 0.538. The number of nitrogens with zero attached hydrogens (tertiary/aromatic N) is 1. The van der Waals surface area contributed by atoms with Crippen molar-refractivity contribution < 1.29 is 9.90 Å². The molecule has 0 radical (unpaired) electrons. The maximum atomic E-state index is 10.8. The maximum Gasteiger partial charge on any atom is 0.354 e. The first-order chi connectivity index (χ1) is 8.03. The Bertz CT molecular complexity index is 425. The van der Waals surface area contributed by atoms with Crippen LogP contribution in [0.3, 0.4) is 0 Å². The first-order valence-electron chi connectivity index (χ1n) is 5.98. The Morgan fingerprint density at radius 2 is 2.24 bits per heavy atom. The number of anilines is 1. The van der Waals surface area contributed by atoms with Gasteiger partial charge in [-0.3, -0.25) is 0 Å². The van der Waals surface area contributed by atoms with Crippen LogP contribution < -0.4 is 5.32 Å². The average Bonchev–Trinajstić information content (AvgIpc) is 3.08. The van der Waals surface area contributed by atoms with Gasteiger partial charge in [-0.25, -0.2) is 9.78 Å². The van der Waals surface area contributed by atoms with Crippen molar-refractivity contribution in [3.05, 3.63) is 23.9 Å². The molecule has 92 valence electrons. The Morgan fingerprint density at radius 3 is 2.76 bits per heavy atom. The van der Waals surface area contributed by atoms with Gasteiger partial charge in [-0.15, -0.1) is 0 Å². The monoisotopic (exact) mass is 234 g/mol. The Labute approximate surface area is 101 Å². The third-order valence-electron chi connectivity index (χ3n) is 3.71. The van der Waals surface area contributed by atoms with E-state index in [1.807, 2.05) is 6.07 Å². The van der Waals surface area contributed by atoms with Crippen molar-refractivity contribution in [3.8, 4) is 0 Å². The van der Waals surface area contributed by atoms with E-state index in [9.17, 15) is 4.79 Å². The van der Waals surface area contributed by atoms with Crippen molar-refractivity contribution in [2.45, 2.75) is 26.7 Å². The number of rotatable bonds is 5. The average molecular weight is 234 g/mol. The number of carboxylic acid groups (broad SMARTS) is 1. The van der Waals surface area contributed by atoms with E-state index in [4.69, 9.17) is 5.11 Å². The van der Waals surface area contributed by atoms with E-state index in [1.54, 1.807) is 6.07 Å². The van der Waals surface area contributed by atoms with Gasteiger partial charge in [0, 0.05) is 6.54 Å². The molecule has 4 nitrogen and oxygen atoms in total. The number of aromatic nitrogens is 1. The summed E-state index contributed by atoms with van der Waals surface area (Å²) in [6, 6.07) is 5.03. The summed E-state index contributed by atoms with van der Waals surface area (Å²) in [5, 5.41) is 12.1. The molecule has 0 unspecified atom stereocenters. The lowest BCUT2D eigenvalue weighted by molar-refractivity contribution is 0.0690. The molecule has 1 heterocycles. The van der Waals surface area contributed by atoms with Gasteiger partial charge in [0.2, 0.25) is 0 Å². The molecule has 2 rings (SSSR count). The smallest absolute Gasteiger partial charge is 0.354 e. The van der Waals surface area contributed by atoms with Crippen LogP contribution >= 0.6 is 0 Å². The molecule has 1 aromatic heterocycles. The zero-order valence-electron chi connectivity index (χ0n) is 10.2. The molecule has 1 aromatic rings. The minimum atomic E-state index is -0.987. The minimum absolute atomic E-state index is 0.0874. The molecule has 1 aliphatic rings. The van der Waals surface area contributed by atoms with Crippen LogP contribution in [0.4, 0.5) is 5.82 Å². The summed E-state index contributed by atoms with van der Waals surface area (Å²) >= 11 is 0. The lowest BCUT2D eigenvalue weighted by Gasteiger charge is -2.20. The van der Waals surface area contributed by atoms with E-state index in [0.717, 1.165) is 6.54 Å². The standard InChI is InChI=1S/C13H18N2O2/c1-9(2)13(6-7-13)8-14-11-5-3-4-10(15-11)12(16)17/h3-5,9H,6-8H2,1-2H3,(H,14,15)(H,16,17). The van der Waals surface area contributed by atoms with Crippen LogP contribution in [0, 0.1) is 11.3 Å². The second kappa shape index (κ2) is 4.35. The Kier molecular flexibility index (Phi) is 3.05. The van der Waals surface area contributed by atoms with Gasteiger partial charge >= 0.3 is 5.97 Å². The second-order valence-electron chi connectivity index (χ2n) is 5.08. The summed E-state index contributed by atoms with van der Waals surface area (Å²) in [4.78, 5) is 14.8. The van der Waals surface area contributed by atoms with Gasteiger partial charge < -0.3 is 10.4 Å². The van der Waals surface area contributed by atoms with Gasteiger partial charge in [-0.2, -0.15) is 0 Å². The van der Waals surface area contributed by atoms with E-state index >= 15 is 0 Å². The van der Waals surface area contributed by atoms with Gasteiger partial charge in [-0.1, -0.05) is 19.9 Å². The van der Waals surface area contributed by atoms with Crippen molar-refractivity contribution in [3.63, 3.8) is 0 Å². The number of hydrogen-bond acceptors (Lipinski definition) is 3. The van der Waals surface area contributed by atoms with Crippen LogP contribution in [0.2, 0.25) is 0 Å². The summed E-state index contributed by atoms with van der Waals surface area (Å²) < 4.78 is 0. The Morgan fingerprint density at radius 1 is 1.53 bits per heavy atom. The molecular formula is C13H18N2O2. The highest BCUT2D eigenvalue weighted by Gasteiger charge is 2.44. The van der Waals surface area contributed by atoms with E-state index in [2.05, 4.69) is 24.1 Å². The van der Waals surface area contributed by atoms with Gasteiger partial charge in [-0.05, 0) is 36.3 Å². The largest absolute Gasteiger partial charge is 0.477 e. The van der Waals surface area contributed by atoms with Gasteiger partial charge in [0.25, 0.3) is 0 Å². The van der Waals surface area contributed by atoms with Crippen molar-refractivity contribution in [1.82, 2.24) is 4.98 Å². The number of carbonyl (C=O) groups is 1. The van der Waals surface area contributed by atoms with E-state index in [-0.39, 0.29) is 5.69 Å². The third-order valence-corrected chi connectivity index (χ3v) is 3.71. The summed E-state index contributed by atoms with van der Waals surface area (Å²) in [5.74, 6) is 0.313. The first-order valence-corrected chi connectivity index (χ1v) is 5.98. The SMILES string of the molecule is CC(C)C1(CNc2cccc(C(=O)O)n2)CC1. The van der Waals surface area contributed by atoms with Crippen LogP contribution in [0.1, 0.15) is 37.2 Å². The molecular weight excluding hydrogens is 216 g/mol. The van der Waals surface area contributed by atoms with Crippen LogP contribution in [-0.4, -0.2) is 22.6 Å². The molecule has 0 aliphatic heterocycles. The van der Waals surface area contributed by atoms with Crippen molar-refractivity contribution in [1.29, 1.82) is 0 Å². The Hall–Kier alpha value is -1.58. The fourth-order valence-electron chi connectivity index (χ4n) is 2.04. The lowest BCUT2D eigenvalue weighted by atomic mass is 9.92. The van der Waals surface area contributed by atoms with Crippen molar-refractivity contribution in [2.75, 3.05) is 11.9 Å². The third kappa shape index (κ3) is 2.57. The molecule has 1 fully saturated rings. The van der Waals surface area contributed by atoms with Crippen LogP contribution in [0.15, 0.2) is 18.2 Å². The number of nitrogens with one attached hydrogen (secondary N) is 1. The molecule has 4 heteroatoms. The number of pyridine rings is 1. The normalized spacial score (nSPS) is 16.9. The molecule has 0 amide bonds. The molecule has 1 aliphatic carbocycles. The summed E-state index contributed by atoms with van der Waals surface area (Å²) in [6.07, 6.45) is 2.49. The fourth-order valence-corrected chi connectivity index (χ4v) is 2.04. The second-order valence-corrected chi connectivity index (χ2v) is 5.08. The van der Waals surface area contributed by atoms with Crippen LogP contribution in [0.5, 0.6) is 0 Å². The van der Waals surface area contributed by atoms with Crippen LogP contribution in [0.25, 0.3) is 0 Å². The zero-order chi connectivity index (χ0) is 12.5. The molecule has 0 atom stereocenters. The molecule has 0 aromatic carbocycles. The van der Waals surface area contributed by atoms with E-state index < -0.39 is 5.97 Å². The lowest BCUT2D eigenvalue weighted by Crippen LogP contribution is -2.21. The first kappa shape index (κ1) is 11.9. The number of carboxylic acids is 1. The zero-order valence-corrected chi connectivity index (χ0v) is 10.2. The maximum absolute atomic E-state index is 10.8. The minimum Gasteiger partial charge on any atom is -0.477 e. The summed E-state index contributed by atoms with van der Waals surface area (Å²) in [6.45, 7) is 5.34. The molecule has 17 heavy (non-hydrogen) atoms.